The minimum absolute atomic E-state index is 0.382. The topological polar surface area (TPSA) is 51.2 Å². The van der Waals surface area contributed by atoms with Crippen molar-refractivity contribution in [1.82, 2.24) is 0 Å². The van der Waals surface area contributed by atoms with E-state index in [0.717, 1.165) is 16.7 Å². The summed E-state index contributed by atoms with van der Waals surface area (Å²) in [7, 11) is -2.23. The van der Waals surface area contributed by atoms with Gasteiger partial charge in [-0.1, -0.05) is 78.4 Å². The molecule has 0 aliphatic heterocycles. The minimum atomic E-state index is -2.23. The summed E-state index contributed by atoms with van der Waals surface area (Å²) in [6.07, 6.45) is 0. The van der Waals surface area contributed by atoms with Gasteiger partial charge >= 0.3 is 0 Å². The van der Waals surface area contributed by atoms with Crippen molar-refractivity contribution in [3.05, 3.63) is 106 Å². The van der Waals surface area contributed by atoms with Gasteiger partial charge in [0.1, 0.15) is 7.92 Å². The third kappa shape index (κ3) is 4.00. The Morgan fingerprint density at radius 1 is 0.607 bits per heavy atom. The van der Waals surface area contributed by atoms with Crippen molar-refractivity contribution < 1.29 is 14.4 Å². The highest BCUT2D eigenvalue weighted by Crippen LogP contribution is 2.47. The summed E-state index contributed by atoms with van der Waals surface area (Å²) in [5.74, 6) is 0. The Morgan fingerprint density at radius 3 is 1.39 bits per heavy atom. The van der Waals surface area contributed by atoms with Crippen molar-refractivity contribution in [3.63, 3.8) is 0 Å². The molecule has 0 bridgehead atoms. The summed E-state index contributed by atoms with van der Waals surface area (Å²) in [4.78, 5) is 40.0. The standard InChI is InChI=1S/C24H21O3P/c1-16-14-17(2)21(18(3)15-16)24(27)28(22(25)19-10-6-4-7-11-19)23(26)20-12-8-5-9-13-20/h4-15H,1-3H3. The molecule has 0 amide bonds. The molecule has 3 aromatic rings. The zero-order chi connectivity index (χ0) is 20.3. The average molecular weight is 388 g/mol. The van der Waals surface area contributed by atoms with Crippen LogP contribution in [0.25, 0.3) is 0 Å². The van der Waals surface area contributed by atoms with E-state index >= 15 is 0 Å². The third-order valence-corrected chi connectivity index (χ3v) is 6.50. The first-order chi connectivity index (χ1) is 13.4. The zero-order valence-corrected chi connectivity index (χ0v) is 17.0. The van der Waals surface area contributed by atoms with E-state index in [4.69, 9.17) is 0 Å². The summed E-state index contributed by atoms with van der Waals surface area (Å²) >= 11 is 0. The number of carbonyl (C=O) groups excluding carboxylic acids is 3. The predicted molar refractivity (Wildman–Crippen MR) is 113 cm³/mol. The maximum absolute atomic E-state index is 13.5. The summed E-state index contributed by atoms with van der Waals surface area (Å²) in [5, 5.41) is 0. The summed E-state index contributed by atoms with van der Waals surface area (Å²) < 4.78 is 0. The molecule has 0 aliphatic rings. The van der Waals surface area contributed by atoms with Gasteiger partial charge in [0.15, 0.2) is 11.0 Å². The first kappa shape index (κ1) is 19.9. The number of benzene rings is 3. The number of hydrogen-bond acceptors (Lipinski definition) is 3. The van der Waals surface area contributed by atoms with E-state index in [-0.39, 0.29) is 5.52 Å². The van der Waals surface area contributed by atoms with Crippen molar-refractivity contribution in [3.8, 4) is 0 Å². The van der Waals surface area contributed by atoms with E-state index in [1.54, 1.807) is 60.7 Å². The summed E-state index contributed by atoms with van der Waals surface area (Å²) in [6, 6.07) is 21.0. The van der Waals surface area contributed by atoms with Crippen LogP contribution in [0.3, 0.4) is 0 Å². The Bertz CT molecular complexity index is 965. The van der Waals surface area contributed by atoms with E-state index < -0.39 is 19.0 Å². The smallest absolute Gasteiger partial charge is 0.200 e. The van der Waals surface area contributed by atoms with Gasteiger partial charge in [-0.25, -0.2) is 0 Å². The van der Waals surface area contributed by atoms with Gasteiger partial charge in [-0.2, -0.15) is 0 Å². The molecular formula is C24H21O3P. The van der Waals surface area contributed by atoms with E-state index in [1.165, 1.54) is 0 Å². The largest absolute Gasteiger partial charge is 0.288 e. The van der Waals surface area contributed by atoms with Crippen LogP contribution in [0.15, 0.2) is 72.8 Å². The van der Waals surface area contributed by atoms with E-state index in [0.29, 0.717) is 16.7 Å². The Labute approximate surface area is 166 Å². The predicted octanol–water partition coefficient (Wildman–Crippen LogP) is 5.91. The van der Waals surface area contributed by atoms with Gasteiger partial charge in [-0.3, -0.25) is 14.4 Å². The molecule has 0 unspecified atom stereocenters. The molecule has 0 aliphatic carbocycles. The molecule has 0 fully saturated rings. The fraction of sp³-hybridized carbons (Fsp3) is 0.125. The Balaban J connectivity index is 2.12. The molecule has 28 heavy (non-hydrogen) atoms. The molecule has 0 N–H and O–H groups in total. The molecule has 4 heteroatoms. The highest BCUT2D eigenvalue weighted by atomic mass is 31.1. The second-order valence-electron chi connectivity index (χ2n) is 6.76. The second kappa shape index (κ2) is 8.41. The Kier molecular flexibility index (Phi) is 5.96. The van der Waals surface area contributed by atoms with Crippen LogP contribution >= 0.6 is 7.92 Å². The van der Waals surface area contributed by atoms with Gasteiger partial charge in [0, 0.05) is 16.7 Å². The molecule has 3 aromatic carbocycles. The molecule has 0 radical (unpaired) electrons. The highest BCUT2D eigenvalue weighted by molar-refractivity contribution is 8.03. The number of carbonyl (C=O) groups is 3. The van der Waals surface area contributed by atoms with Crippen molar-refractivity contribution in [2.75, 3.05) is 0 Å². The third-order valence-electron chi connectivity index (χ3n) is 4.54. The van der Waals surface area contributed by atoms with Crippen molar-refractivity contribution in [2.24, 2.45) is 0 Å². The van der Waals surface area contributed by atoms with Gasteiger partial charge in [0.05, 0.1) is 0 Å². The van der Waals surface area contributed by atoms with Crippen LogP contribution in [0.1, 0.15) is 47.8 Å². The first-order valence-corrected chi connectivity index (χ1v) is 10.4. The molecule has 3 nitrogen and oxygen atoms in total. The molecule has 0 spiro atoms. The fourth-order valence-electron chi connectivity index (χ4n) is 3.33. The van der Waals surface area contributed by atoms with Crippen molar-refractivity contribution in [1.29, 1.82) is 0 Å². The quantitative estimate of drug-likeness (QED) is 0.493. The van der Waals surface area contributed by atoms with E-state index in [2.05, 4.69) is 0 Å². The van der Waals surface area contributed by atoms with Gasteiger partial charge in [0.25, 0.3) is 0 Å². The molecule has 3 rings (SSSR count). The lowest BCUT2D eigenvalue weighted by Gasteiger charge is -2.17. The lowest BCUT2D eigenvalue weighted by Crippen LogP contribution is -2.16. The molecule has 0 saturated carbocycles. The number of aryl methyl sites for hydroxylation is 3. The lowest BCUT2D eigenvalue weighted by molar-refractivity contribution is 0.102. The van der Waals surface area contributed by atoms with Crippen LogP contribution in [0.4, 0.5) is 0 Å². The summed E-state index contributed by atoms with van der Waals surface area (Å²) in [5.41, 5.74) is 2.66. The van der Waals surface area contributed by atoms with Crippen LogP contribution in [-0.2, 0) is 0 Å². The van der Waals surface area contributed by atoms with Crippen LogP contribution in [0.2, 0.25) is 0 Å². The highest BCUT2D eigenvalue weighted by Gasteiger charge is 2.37. The Hall–Kier alpha value is -2.90. The Morgan fingerprint density at radius 2 is 1.00 bits per heavy atom. The monoisotopic (exact) mass is 388 g/mol. The minimum Gasteiger partial charge on any atom is -0.288 e. The zero-order valence-electron chi connectivity index (χ0n) is 16.1. The molecule has 0 aromatic heterocycles. The van der Waals surface area contributed by atoms with E-state index in [1.807, 2.05) is 32.9 Å². The summed E-state index contributed by atoms with van der Waals surface area (Å²) in [6.45, 7) is 5.66. The van der Waals surface area contributed by atoms with Crippen LogP contribution < -0.4 is 0 Å². The lowest BCUT2D eigenvalue weighted by atomic mass is 10.0. The maximum Gasteiger partial charge on any atom is 0.200 e. The molecule has 140 valence electrons. The van der Waals surface area contributed by atoms with Crippen molar-refractivity contribution in [2.45, 2.75) is 20.8 Å². The second-order valence-corrected chi connectivity index (χ2v) is 8.65. The van der Waals surface area contributed by atoms with Crippen LogP contribution in [-0.4, -0.2) is 16.6 Å². The van der Waals surface area contributed by atoms with Crippen molar-refractivity contribution >= 4 is 24.5 Å². The van der Waals surface area contributed by atoms with Gasteiger partial charge in [0.2, 0.25) is 5.52 Å². The molecular weight excluding hydrogens is 367 g/mol. The molecule has 0 saturated heterocycles. The van der Waals surface area contributed by atoms with Gasteiger partial charge in [-0.15, -0.1) is 0 Å². The SMILES string of the molecule is Cc1cc(C)c(C(=O)P(C(=O)c2ccccc2)C(=O)c2ccccc2)c(C)c1. The normalized spacial score (nSPS) is 10.7. The number of rotatable bonds is 6. The molecule has 0 atom stereocenters. The maximum atomic E-state index is 13.5. The van der Waals surface area contributed by atoms with Crippen LogP contribution in [0.5, 0.6) is 0 Å². The fourth-order valence-corrected chi connectivity index (χ4v) is 5.27. The first-order valence-electron chi connectivity index (χ1n) is 9.01. The van der Waals surface area contributed by atoms with Gasteiger partial charge < -0.3 is 0 Å². The van der Waals surface area contributed by atoms with E-state index in [9.17, 15) is 14.4 Å². The van der Waals surface area contributed by atoms with Gasteiger partial charge in [-0.05, 0) is 31.9 Å². The number of hydrogen-bond donors (Lipinski definition) is 0. The van der Waals surface area contributed by atoms with Crippen LogP contribution in [0, 0.1) is 20.8 Å². The average Bonchev–Trinajstić information content (AvgIpc) is 2.68. The molecule has 0 heterocycles.